The summed E-state index contributed by atoms with van der Waals surface area (Å²) in [5.74, 6) is 1.85. The molecule has 0 bridgehead atoms. The second-order valence-corrected chi connectivity index (χ2v) is 4.54. The smallest absolute Gasteiger partial charge is 0.191 e. The van der Waals surface area contributed by atoms with E-state index in [9.17, 15) is 0 Å². The summed E-state index contributed by atoms with van der Waals surface area (Å²) in [5, 5.41) is 6.79. The molecule has 1 atom stereocenters. The Labute approximate surface area is 124 Å². The minimum Gasteiger partial charge on any atom is -0.491 e. The molecule has 1 aliphatic carbocycles. The van der Waals surface area contributed by atoms with Gasteiger partial charge in [0, 0.05) is 18.7 Å². The molecule has 5 heteroatoms. The van der Waals surface area contributed by atoms with Crippen molar-refractivity contribution in [1.82, 2.24) is 10.6 Å². The van der Waals surface area contributed by atoms with Crippen LogP contribution in [0.15, 0.2) is 29.3 Å². The Morgan fingerprint density at radius 1 is 1.28 bits per heavy atom. The molecular formula is C13H18IN3O. The first-order valence-electron chi connectivity index (χ1n) is 6.08. The summed E-state index contributed by atoms with van der Waals surface area (Å²) in [6.07, 6.45) is 2.50. The van der Waals surface area contributed by atoms with Crippen molar-refractivity contribution < 1.29 is 4.74 Å². The van der Waals surface area contributed by atoms with Crippen molar-refractivity contribution in [3.63, 3.8) is 0 Å². The molecule has 0 spiro atoms. The molecule has 1 unspecified atom stereocenters. The van der Waals surface area contributed by atoms with Crippen LogP contribution in [0.3, 0.4) is 0 Å². The first-order chi connectivity index (χ1) is 8.36. The van der Waals surface area contributed by atoms with E-state index in [0.29, 0.717) is 12.6 Å². The van der Waals surface area contributed by atoms with Crippen LogP contribution in [0.2, 0.25) is 0 Å². The molecule has 1 fully saturated rings. The summed E-state index contributed by atoms with van der Waals surface area (Å²) in [5.41, 5.74) is 1.21. The standard InChI is InChI=1S/C13H17N3O.HI/c1-14-13(15-9-6-7-9)16-11-8-17-12-5-3-2-4-10(11)12;/h2-5,9,11H,6-8H2,1H3,(H2,14,15,16);1H. The summed E-state index contributed by atoms with van der Waals surface area (Å²) in [6.45, 7) is 0.671. The van der Waals surface area contributed by atoms with Crippen molar-refractivity contribution in [2.75, 3.05) is 13.7 Å². The molecule has 0 amide bonds. The second-order valence-electron chi connectivity index (χ2n) is 4.54. The third-order valence-corrected chi connectivity index (χ3v) is 3.15. The molecule has 1 saturated carbocycles. The van der Waals surface area contributed by atoms with Gasteiger partial charge in [-0.25, -0.2) is 0 Å². The van der Waals surface area contributed by atoms with Gasteiger partial charge >= 0.3 is 0 Å². The number of rotatable bonds is 2. The Bertz CT molecular complexity index is 446. The lowest BCUT2D eigenvalue weighted by atomic mass is 10.1. The summed E-state index contributed by atoms with van der Waals surface area (Å²) < 4.78 is 5.63. The fourth-order valence-electron chi connectivity index (χ4n) is 2.04. The third kappa shape index (κ3) is 2.88. The average molecular weight is 359 g/mol. The van der Waals surface area contributed by atoms with Crippen molar-refractivity contribution >= 4 is 29.9 Å². The van der Waals surface area contributed by atoms with Crippen LogP contribution in [0.5, 0.6) is 5.75 Å². The number of aliphatic imine (C=N–C) groups is 1. The topological polar surface area (TPSA) is 45.7 Å². The maximum Gasteiger partial charge on any atom is 0.191 e. The van der Waals surface area contributed by atoms with Gasteiger partial charge in [0.15, 0.2) is 5.96 Å². The minimum atomic E-state index is 0. The fraction of sp³-hybridized carbons (Fsp3) is 0.462. The van der Waals surface area contributed by atoms with E-state index in [0.717, 1.165) is 11.7 Å². The van der Waals surface area contributed by atoms with Gasteiger partial charge < -0.3 is 15.4 Å². The Kier molecular flexibility index (Phi) is 4.31. The second kappa shape index (κ2) is 5.77. The Balaban J connectivity index is 0.00000120. The van der Waals surface area contributed by atoms with Crippen LogP contribution >= 0.6 is 24.0 Å². The van der Waals surface area contributed by atoms with Gasteiger partial charge in [0.2, 0.25) is 0 Å². The van der Waals surface area contributed by atoms with Crippen molar-refractivity contribution in [3.05, 3.63) is 29.8 Å². The third-order valence-electron chi connectivity index (χ3n) is 3.15. The van der Waals surface area contributed by atoms with Crippen LogP contribution in [-0.2, 0) is 0 Å². The Hall–Kier alpha value is -0.980. The van der Waals surface area contributed by atoms with E-state index >= 15 is 0 Å². The molecule has 2 aliphatic rings. The fourth-order valence-corrected chi connectivity index (χ4v) is 2.04. The van der Waals surface area contributed by atoms with Crippen LogP contribution in [0.1, 0.15) is 24.4 Å². The van der Waals surface area contributed by atoms with Crippen LogP contribution < -0.4 is 15.4 Å². The highest BCUT2D eigenvalue weighted by atomic mass is 127. The summed E-state index contributed by atoms with van der Waals surface area (Å²) in [4.78, 5) is 4.24. The molecule has 2 N–H and O–H groups in total. The quantitative estimate of drug-likeness (QED) is 0.483. The predicted octanol–water partition coefficient (Wildman–Crippen LogP) is 2.07. The van der Waals surface area contributed by atoms with Gasteiger partial charge in [-0.05, 0) is 18.9 Å². The van der Waals surface area contributed by atoms with Gasteiger partial charge in [-0.1, -0.05) is 18.2 Å². The molecule has 1 aliphatic heterocycles. The zero-order chi connectivity index (χ0) is 11.7. The number of benzene rings is 1. The number of para-hydroxylation sites is 1. The highest BCUT2D eigenvalue weighted by Gasteiger charge is 2.27. The molecule has 98 valence electrons. The lowest BCUT2D eigenvalue weighted by molar-refractivity contribution is 0.323. The zero-order valence-corrected chi connectivity index (χ0v) is 12.7. The van der Waals surface area contributed by atoms with E-state index in [2.05, 4.69) is 21.7 Å². The average Bonchev–Trinajstić information content (AvgIpc) is 3.09. The zero-order valence-electron chi connectivity index (χ0n) is 10.3. The normalized spacial score (nSPS) is 21.6. The monoisotopic (exact) mass is 359 g/mol. The summed E-state index contributed by atoms with van der Waals surface area (Å²) in [6, 6.07) is 8.96. The van der Waals surface area contributed by atoms with Crippen molar-refractivity contribution in [2.45, 2.75) is 24.9 Å². The van der Waals surface area contributed by atoms with Crippen molar-refractivity contribution in [1.29, 1.82) is 0 Å². The number of fused-ring (bicyclic) bond motifs is 1. The first-order valence-corrected chi connectivity index (χ1v) is 6.08. The molecule has 0 aromatic heterocycles. The molecule has 1 aromatic rings. The van der Waals surface area contributed by atoms with E-state index < -0.39 is 0 Å². The number of guanidine groups is 1. The predicted molar refractivity (Wildman–Crippen MR) is 82.7 cm³/mol. The molecule has 1 heterocycles. The maximum absolute atomic E-state index is 5.63. The lowest BCUT2D eigenvalue weighted by Crippen LogP contribution is -2.41. The SMILES string of the molecule is CN=C(NC1CC1)NC1COc2ccccc21.I. The number of ether oxygens (including phenoxy) is 1. The molecule has 18 heavy (non-hydrogen) atoms. The number of nitrogens with one attached hydrogen (secondary N) is 2. The summed E-state index contributed by atoms with van der Waals surface area (Å²) in [7, 11) is 1.80. The number of hydrogen-bond acceptors (Lipinski definition) is 2. The molecule has 3 rings (SSSR count). The van der Waals surface area contributed by atoms with Gasteiger partial charge in [-0.3, -0.25) is 4.99 Å². The van der Waals surface area contributed by atoms with Gasteiger partial charge in [0.05, 0.1) is 6.04 Å². The van der Waals surface area contributed by atoms with Crippen LogP contribution in [-0.4, -0.2) is 25.7 Å². The van der Waals surface area contributed by atoms with Crippen LogP contribution in [0, 0.1) is 0 Å². The molecule has 4 nitrogen and oxygen atoms in total. The van der Waals surface area contributed by atoms with Gasteiger partial charge in [0.25, 0.3) is 0 Å². The number of halogens is 1. The molecular weight excluding hydrogens is 341 g/mol. The van der Waals surface area contributed by atoms with Crippen LogP contribution in [0.4, 0.5) is 0 Å². The van der Waals surface area contributed by atoms with Crippen molar-refractivity contribution in [3.8, 4) is 5.75 Å². The van der Waals surface area contributed by atoms with E-state index in [4.69, 9.17) is 4.74 Å². The van der Waals surface area contributed by atoms with Gasteiger partial charge in [-0.15, -0.1) is 24.0 Å². The molecule has 0 radical (unpaired) electrons. The van der Waals surface area contributed by atoms with E-state index in [1.165, 1.54) is 18.4 Å². The number of hydrogen-bond donors (Lipinski definition) is 2. The summed E-state index contributed by atoms with van der Waals surface area (Å²) >= 11 is 0. The van der Waals surface area contributed by atoms with E-state index in [-0.39, 0.29) is 30.0 Å². The Morgan fingerprint density at radius 3 is 2.78 bits per heavy atom. The first kappa shape index (κ1) is 13.5. The van der Waals surface area contributed by atoms with E-state index in [1.54, 1.807) is 7.05 Å². The van der Waals surface area contributed by atoms with Crippen molar-refractivity contribution in [2.24, 2.45) is 4.99 Å². The Morgan fingerprint density at radius 2 is 2.06 bits per heavy atom. The minimum absolute atomic E-state index is 0. The molecule has 1 aromatic carbocycles. The van der Waals surface area contributed by atoms with E-state index in [1.807, 2.05) is 18.2 Å². The van der Waals surface area contributed by atoms with Gasteiger partial charge in [0.1, 0.15) is 12.4 Å². The highest BCUT2D eigenvalue weighted by Crippen LogP contribution is 2.31. The molecule has 0 saturated heterocycles. The lowest BCUT2D eigenvalue weighted by Gasteiger charge is -2.16. The highest BCUT2D eigenvalue weighted by molar-refractivity contribution is 14.0. The largest absolute Gasteiger partial charge is 0.491 e. The number of nitrogens with zero attached hydrogens (tertiary/aromatic N) is 1. The van der Waals surface area contributed by atoms with Crippen LogP contribution in [0.25, 0.3) is 0 Å². The van der Waals surface area contributed by atoms with Gasteiger partial charge in [-0.2, -0.15) is 0 Å². The maximum atomic E-state index is 5.63.